The number of aryl methyl sites for hydroxylation is 1. The van der Waals surface area contributed by atoms with Gasteiger partial charge in [0.15, 0.2) is 0 Å². The molecular weight excluding hydrogens is 382 g/mol. The number of allylic oxidation sites excluding steroid dienone is 1. The second kappa shape index (κ2) is 7.56. The van der Waals surface area contributed by atoms with E-state index in [1.165, 1.54) is 12.1 Å². The summed E-state index contributed by atoms with van der Waals surface area (Å²) in [5, 5.41) is 5.08. The number of piperidine rings is 1. The van der Waals surface area contributed by atoms with Crippen molar-refractivity contribution >= 4 is 21.8 Å². The van der Waals surface area contributed by atoms with Crippen molar-refractivity contribution in [2.75, 3.05) is 13.1 Å². The fourth-order valence-electron chi connectivity index (χ4n) is 3.83. The molecule has 1 fully saturated rings. The molecule has 152 valence electrons. The zero-order chi connectivity index (χ0) is 20.5. The summed E-state index contributed by atoms with van der Waals surface area (Å²) in [6.07, 6.45) is 2.69. The molecule has 2 amide bonds. The Hall–Kier alpha value is -2.39. The molecule has 1 aromatic rings. The molecule has 0 aliphatic carbocycles. The molecule has 0 bridgehead atoms. The molecule has 1 spiro atoms. The van der Waals surface area contributed by atoms with Crippen molar-refractivity contribution in [2.24, 2.45) is 10.9 Å². The Balaban J connectivity index is 1.50. The average Bonchev–Trinajstić information content (AvgIpc) is 2.96. The molecule has 4 N–H and O–H groups in total. The van der Waals surface area contributed by atoms with E-state index in [1.807, 2.05) is 4.90 Å². The molecule has 1 aromatic carbocycles. The number of carbonyl (C=O) groups excluding carboxylic acids is 2. The summed E-state index contributed by atoms with van der Waals surface area (Å²) in [4.78, 5) is 25.9. The number of nitrogens with two attached hydrogens (primary N) is 2. The Morgan fingerprint density at radius 1 is 1.18 bits per heavy atom. The number of benzene rings is 1. The van der Waals surface area contributed by atoms with Crippen LogP contribution in [0.5, 0.6) is 0 Å². The first-order chi connectivity index (χ1) is 13.1. The minimum absolute atomic E-state index is 0.0446. The van der Waals surface area contributed by atoms with Gasteiger partial charge in [-0.2, -0.15) is 0 Å². The van der Waals surface area contributed by atoms with E-state index in [0.717, 1.165) is 5.56 Å². The first kappa shape index (κ1) is 20.3. The maximum atomic E-state index is 12.5. The number of nitrogens with zero attached hydrogens (tertiary/aromatic N) is 1. The second-order valence-electron chi connectivity index (χ2n) is 7.43. The van der Waals surface area contributed by atoms with Gasteiger partial charge in [-0.25, -0.2) is 13.6 Å². The first-order valence-corrected chi connectivity index (χ1v) is 10.7. The Kier molecular flexibility index (Phi) is 5.49. The van der Waals surface area contributed by atoms with Crippen LogP contribution in [0.25, 0.3) is 0 Å². The molecule has 28 heavy (non-hydrogen) atoms. The van der Waals surface area contributed by atoms with E-state index in [-0.39, 0.29) is 10.8 Å². The Bertz CT molecular complexity index is 913. The summed E-state index contributed by atoms with van der Waals surface area (Å²) < 4.78 is 28.5. The van der Waals surface area contributed by atoms with Crippen LogP contribution < -0.4 is 10.9 Å². The molecule has 0 radical (unpaired) electrons. The van der Waals surface area contributed by atoms with Gasteiger partial charge in [0.2, 0.25) is 21.8 Å². The Labute approximate surface area is 164 Å². The maximum Gasteiger partial charge on any atom is 0.248 e. The van der Waals surface area contributed by atoms with Crippen molar-refractivity contribution in [1.82, 2.24) is 4.90 Å². The third-order valence-corrected chi connectivity index (χ3v) is 6.43. The van der Waals surface area contributed by atoms with Gasteiger partial charge in [-0.15, -0.1) is 0 Å². The zero-order valence-electron chi connectivity index (χ0n) is 15.8. The molecule has 2 aliphatic heterocycles. The van der Waals surface area contributed by atoms with Gasteiger partial charge in [-0.05, 0) is 31.0 Å². The van der Waals surface area contributed by atoms with E-state index >= 15 is 0 Å². The molecule has 9 heteroatoms. The van der Waals surface area contributed by atoms with Crippen LogP contribution in [0.4, 0.5) is 0 Å². The summed E-state index contributed by atoms with van der Waals surface area (Å²) in [6.45, 7) is 2.90. The number of primary sulfonamides is 1. The number of hydrogen-bond donors (Lipinski definition) is 2. The van der Waals surface area contributed by atoms with Crippen LogP contribution in [0, 0.1) is 0 Å². The van der Waals surface area contributed by atoms with Crippen molar-refractivity contribution in [3.63, 3.8) is 0 Å². The number of rotatable bonds is 5. The lowest BCUT2D eigenvalue weighted by atomic mass is 9.86. The maximum absolute atomic E-state index is 12.5. The first-order valence-electron chi connectivity index (χ1n) is 9.18. The highest BCUT2D eigenvalue weighted by Crippen LogP contribution is 2.41. The SMILES string of the molecule is CC1=C(C(N)=O)CC2(CCN(C(=O)CCc3ccc(S(N)(=O)=O)cc3)CC2)O1. The Morgan fingerprint density at radius 3 is 2.29 bits per heavy atom. The summed E-state index contributed by atoms with van der Waals surface area (Å²) in [7, 11) is -3.71. The smallest absolute Gasteiger partial charge is 0.248 e. The highest BCUT2D eigenvalue weighted by Gasteiger charge is 2.44. The fourth-order valence-corrected chi connectivity index (χ4v) is 4.34. The lowest BCUT2D eigenvalue weighted by Crippen LogP contribution is -2.46. The van der Waals surface area contributed by atoms with Crippen molar-refractivity contribution in [3.05, 3.63) is 41.2 Å². The van der Waals surface area contributed by atoms with Crippen LogP contribution in [0.2, 0.25) is 0 Å². The molecule has 0 aromatic heterocycles. The van der Waals surface area contributed by atoms with E-state index in [0.29, 0.717) is 56.5 Å². The summed E-state index contributed by atoms with van der Waals surface area (Å²) in [6, 6.07) is 6.24. The van der Waals surface area contributed by atoms with Gasteiger partial charge < -0.3 is 15.4 Å². The fraction of sp³-hybridized carbons (Fsp3) is 0.474. The molecule has 0 atom stereocenters. The van der Waals surface area contributed by atoms with Gasteiger partial charge in [0, 0.05) is 38.8 Å². The third-order valence-electron chi connectivity index (χ3n) is 5.50. The molecule has 2 heterocycles. The van der Waals surface area contributed by atoms with Crippen molar-refractivity contribution in [2.45, 2.75) is 49.5 Å². The van der Waals surface area contributed by atoms with Crippen LogP contribution in [-0.4, -0.2) is 43.8 Å². The quantitative estimate of drug-likeness (QED) is 0.745. The van der Waals surface area contributed by atoms with Crippen LogP contribution in [-0.2, 0) is 30.8 Å². The molecule has 0 saturated carbocycles. The second-order valence-corrected chi connectivity index (χ2v) is 8.99. The predicted molar refractivity (Wildman–Crippen MR) is 102 cm³/mol. The number of sulfonamides is 1. The largest absolute Gasteiger partial charge is 0.491 e. The van der Waals surface area contributed by atoms with Crippen LogP contribution in [0.3, 0.4) is 0 Å². The topological polar surface area (TPSA) is 133 Å². The van der Waals surface area contributed by atoms with Crippen molar-refractivity contribution < 1.29 is 22.7 Å². The van der Waals surface area contributed by atoms with Gasteiger partial charge in [0.1, 0.15) is 11.4 Å². The number of ether oxygens (including phenoxy) is 1. The lowest BCUT2D eigenvalue weighted by Gasteiger charge is -2.39. The minimum Gasteiger partial charge on any atom is -0.491 e. The number of primary amides is 1. The molecule has 0 unspecified atom stereocenters. The normalized spacial score (nSPS) is 19.0. The standard InChI is InChI=1S/C19H25N3O5S/c1-13-16(18(20)24)12-19(27-13)8-10-22(11-9-19)17(23)7-4-14-2-5-15(6-3-14)28(21,25)26/h2-3,5-6H,4,7-12H2,1H3,(H2,20,24)(H2,21,25,26). The van der Waals surface area contributed by atoms with Crippen molar-refractivity contribution in [3.8, 4) is 0 Å². The van der Waals surface area contributed by atoms with E-state index < -0.39 is 21.5 Å². The van der Waals surface area contributed by atoms with E-state index in [9.17, 15) is 18.0 Å². The monoisotopic (exact) mass is 407 g/mol. The minimum atomic E-state index is -3.71. The summed E-state index contributed by atoms with van der Waals surface area (Å²) >= 11 is 0. The van der Waals surface area contributed by atoms with Gasteiger partial charge in [0.05, 0.1) is 10.5 Å². The lowest BCUT2D eigenvalue weighted by molar-refractivity contribution is -0.135. The van der Waals surface area contributed by atoms with Crippen LogP contribution in [0.15, 0.2) is 40.5 Å². The van der Waals surface area contributed by atoms with Gasteiger partial charge in [-0.3, -0.25) is 9.59 Å². The van der Waals surface area contributed by atoms with Crippen molar-refractivity contribution in [1.29, 1.82) is 0 Å². The van der Waals surface area contributed by atoms with Crippen LogP contribution in [0.1, 0.15) is 38.2 Å². The zero-order valence-corrected chi connectivity index (χ0v) is 16.6. The predicted octanol–water partition coefficient (Wildman–Crippen LogP) is 0.807. The molecular formula is C19H25N3O5S. The molecule has 3 rings (SSSR count). The number of carbonyl (C=O) groups is 2. The van der Waals surface area contributed by atoms with Gasteiger partial charge in [0.25, 0.3) is 0 Å². The van der Waals surface area contributed by atoms with Gasteiger partial charge in [-0.1, -0.05) is 12.1 Å². The Morgan fingerprint density at radius 2 is 1.79 bits per heavy atom. The molecule has 1 saturated heterocycles. The third kappa shape index (κ3) is 4.36. The van der Waals surface area contributed by atoms with E-state index in [1.54, 1.807) is 19.1 Å². The highest BCUT2D eigenvalue weighted by molar-refractivity contribution is 7.89. The number of hydrogen-bond acceptors (Lipinski definition) is 5. The van der Waals surface area contributed by atoms with Crippen LogP contribution >= 0.6 is 0 Å². The number of amides is 2. The van der Waals surface area contributed by atoms with E-state index in [2.05, 4.69) is 0 Å². The summed E-state index contributed by atoms with van der Waals surface area (Å²) in [5.41, 5.74) is 6.40. The highest BCUT2D eigenvalue weighted by atomic mass is 32.2. The summed E-state index contributed by atoms with van der Waals surface area (Å²) in [5.74, 6) is 0.194. The average molecular weight is 407 g/mol. The van der Waals surface area contributed by atoms with E-state index in [4.69, 9.17) is 15.6 Å². The molecule has 2 aliphatic rings. The number of likely N-dealkylation sites (tertiary alicyclic amines) is 1. The van der Waals surface area contributed by atoms with Gasteiger partial charge >= 0.3 is 0 Å². The molecule has 8 nitrogen and oxygen atoms in total.